The Labute approximate surface area is 116 Å². The lowest BCUT2D eigenvalue weighted by Gasteiger charge is -2.07. The van der Waals surface area contributed by atoms with E-state index in [0.717, 1.165) is 12.8 Å². The molecule has 2 aromatic rings. The number of carbonyl (C=O) groups excluding carboxylic acids is 1. The molecular formula is C13H17N5O2. The van der Waals surface area contributed by atoms with Crippen molar-refractivity contribution >= 4 is 17.3 Å². The molecule has 0 saturated heterocycles. The zero-order chi connectivity index (χ0) is 14.5. The maximum absolute atomic E-state index is 12.0. The minimum absolute atomic E-state index is 0.114. The van der Waals surface area contributed by atoms with Gasteiger partial charge >= 0.3 is 0 Å². The van der Waals surface area contributed by atoms with Crippen molar-refractivity contribution in [2.75, 3.05) is 18.2 Å². The number of rotatable bonds is 5. The number of hydrogen-bond donors (Lipinski definition) is 3. The molecule has 0 atom stereocenters. The van der Waals surface area contributed by atoms with Gasteiger partial charge < -0.3 is 15.8 Å². The molecule has 4 N–H and O–H groups in total. The van der Waals surface area contributed by atoms with Gasteiger partial charge in [0.15, 0.2) is 0 Å². The lowest BCUT2D eigenvalue weighted by atomic mass is 10.2. The van der Waals surface area contributed by atoms with Gasteiger partial charge in [0.25, 0.3) is 5.91 Å². The van der Waals surface area contributed by atoms with E-state index in [0.29, 0.717) is 22.9 Å². The van der Waals surface area contributed by atoms with Crippen LogP contribution in [0.25, 0.3) is 0 Å². The van der Waals surface area contributed by atoms with E-state index in [1.807, 2.05) is 6.92 Å². The SMILES string of the molecule is CCCc1nc(C(=O)Nc2ccc(OC)c(N)c2)n[nH]1. The van der Waals surface area contributed by atoms with Crippen molar-refractivity contribution in [3.8, 4) is 5.75 Å². The van der Waals surface area contributed by atoms with Crippen LogP contribution in [0, 0.1) is 0 Å². The lowest BCUT2D eigenvalue weighted by Crippen LogP contribution is -2.14. The molecule has 0 aliphatic carbocycles. The largest absolute Gasteiger partial charge is 0.495 e. The van der Waals surface area contributed by atoms with Crippen LogP contribution in [0.15, 0.2) is 18.2 Å². The van der Waals surface area contributed by atoms with E-state index in [4.69, 9.17) is 10.5 Å². The van der Waals surface area contributed by atoms with Crippen molar-refractivity contribution in [3.05, 3.63) is 29.8 Å². The molecule has 7 heteroatoms. The molecule has 1 heterocycles. The summed E-state index contributed by atoms with van der Waals surface area (Å²) in [6.07, 6.45) is 1.70. The number of nitrogens with one attached hydrogen (secondary N) is 2. The van der Waals surface area contributed by atoms with Gasteiger partial charge in [0, 0.05) is 12.1 Å². The van der Waals surface area contributed by atoms with Gasteiger partial charge in [0.1, 0.15) is 11.6 Å². The highest BCUT2D eigenvalue weighted by Gasteiger charge is 2.13. The zero-order valence-electron chi connectivity index (χ0n) is 11.4. The molecule has 1 aromatic carbocycles. The van der Waals surface area contributed by atoms with E-state index < -0.39 is 0 Å². The number of hydrogen-bond acceptors (Lipinski definition) is 5. The first-order valence-corrected chi connectivity index (χ1v) is 6.30. The molecule has 0 saturated carbocycles. The number of nitrogens with two attached hydrogens (primary N) is 1. The van der Waals surface area contributed by atoms with Gasteiger partial charge in [-0.15, -0.1) is 5.10 Å². The fourth-order valence-electron chi connectivity index (χ4n) is 1.74. The average Bonchev–Trinajstić information content (AvgIpc) is 2.88. The topological polar surface area (TPSA) is 106 Å². The third kappa shape index (κ3) is 3.05. The highest BCUT2D eigenvalue weighted by Crippen LogP contribution is 2.24. The molecule has 0 fully saturated rings. The monoisotopic (exact) mass is 275 g/mol. The van der Waals surface area contributed by atoms with Crippen LogP contribution < -0.4 is 15.8 Å². The van der Waals surface area contributed by atoms with Crippen LogP contribution in [0.1, 0.15) is 29.8 Å². The fourth-order valence-corrected chi connectivity index (χ4v) is 1.74. The lowest BCUT2D eigenvalue weighted by molar-refractivity contribution is 0.101. The number of H-pyrrole nitrogens is 1. The van der Waals surface area contributed by atoms with Crippen LogP contribution in [-0.2, 0) is 6.42 Å². The molecule has 1 aromatic heterocycles. The average molecular weight is 275 g/mol. The molecule has 2 rings (SSSR count). The van der Waals surface area contributed by atoms with E-state index >= 15 is 0 Å². The number of aromatic amines is 1. The number of aryl methyl sites for hydroxylation is 1. The Hall–Kier alpha value is -2.57. The van der Waals surface area contributed by atoms with E-state index in [-0.39, 0.29) is 11.7 Å². The number of nitrogens with zero attached hydrogens (tertiary/aromatic N) is 2. The Kier molecular flexibility index (Phi) is 4.19. The first-order chi connectivity index (χ1) is 9.63. The molecule has 106 valence electrons. The summed E-state index contributed by atoms with van der Waals surface area (Å²) >= 11 is 0. The maximum atomic E-state index is 12.0. The molecular weight excluding hydrogens is 258 g/mol. The van der Waals surface area contributed by atoms with E-state index in [1.165, 1.54) is 7.11 Å². The van der Waals surface area contributed by atoms with E-state index in [1.54, 1.807) is 18.2 Å². The molecule has 1 amide bonds. The Morgan fingerprint density at radius 3 is 2.95 bits per heavy atom. The third-order valence-electron chi connectivity index (χ3n) is 2.71. The highest BCUT2D eigenvalue weighted by molar-refractivity contribution is 6.01. The van der Waals surface area contributed by atoms with Crippen molar-refractivity contribution in [1.82, 2.24) is 15.2 Å². The second-order valence-corrected chi connectivity index (χ2v) is 4.27. The number of ether oxygens (including phenoxy) is 1. The number of carbonyl (C=O) groups is 1. The van der Waals surface area contributed by atoms with Crippen LogP contribution in [0.3, 0.4) is 0 Å². The van der Waals surface area contributed by atoms with E-state index in [2.05, 4.69) is 20.5 Å². The number of nitrogen functional groups attached to an aromatic ring is 1. The zero-order valence-corrected chi connectivity index (χ0v) is 11.4. The molecule has 0 aliphatic heterocycles. The molecule has 0 unspecified atom stereocenters. The van der Waals surface area contributed by atoms with Gasteiger partial charge in [-0.2, -0.15) is 0 Å². The Balaban J connectivity index is 2.08. The number of amides is 1. The summed E-state index contributed by atoms with van der Waals surface area (Å²) in [5.41, 5.74) is 6.79. The molecule has 7 nitrogen and oxygen atoms in total. The standard InChI is InChI=1S/C13H17N5O2/c1-3-4-11-16-12(18-17-11)13(19)15-8-5-6-10(20-2)9(14)7-8/h5-7H,3-4,14H2,1-2H3,(H,15,19)(H,16,17,18). The number of benzene rings is 1. The molecule has 0 bridgehead atoms. The molecule has 0 aliphatic rings. The third-order valence-corrected chi connectivity index (χ3v) is 2.71. The summed E-state index contributed by atoms with van der Waals surface area (Å²) in [5, 5.41) is 9.31. The van der Waals surface area contributed by atoms with Crippen LogP contribution in [0.5, 0.6) is 5.75 Å². The van der Waals surface area contributed by atoms with Crippen LogP contribution in [0.2, 0.25) is 0 Å². The summed E-state index contributed by atoms with van der Waals surface area (Å²) < 4.78 is 5.05. The first-order valence-electron chi connectivity index (χ1n) is 6.30. The predicted octanol–water partition coefficient (Wildman–Crippen LogP) is 1.60. The highest BCUT2D eigenvalue weighted by atomic mass is 16.5. The molecule has 20 heavy (non-hydrogen) atoms. The van der Waals surface area contributed by atoms with Crippen molar-refractivity contribution in [1.29, 1.82) is 0 Å². The Morgan fingerprint density at radius 2 is 2.30 bits per heavy atom. The van der Waals surface area contributed by atoms with Gasteiger partial charge in [-0.1, -0.05) is 6.92 Å². The van der Waals surface area contributed by atoms with Crippen molar-refractivity contribution < 1.29 is 9.53 Å². The van der Waals surface area contributed by atoms with Crippen LogP contribution >= 0.6 is 0 Å². The Morgan fingerprint density at radius 1 is 1.50 bits per heavy atom. The summed E-state index contributed by atoms with van der Waals surface area (Å²) in [5.74, 6) is 0.994. The summed E-state index contributed by atoms with van der Waals surface area (Å²) in [6.45, 7) is 2.03. The quantitative estimate of drug-likeness (QED) is 0.719. The van der Waals surface area contributed by atoms with Gasteiger partial charge in [0.2, 0.25) is 5.82 Å². The van der Waals surface area contributed by atoms with Crippen molar-refractivity contribution in [2.24, 2.45) is 0 Å². The molecule has 0 radical (unpaired) electrons. The Bertz CT molecular complexity index is 609. The predicted molar refractivity (Wildman–Crippen MR) is 75.7 cm³/mol. The van der Waals surface area contributed by atoms with Gasteiger partial charge in [-0.3, -0.25) is 9.89 Å². The van der Waals surface area contributed by atoms with Crippen molar-refractivity contribution in [2.45, 2.75) is 19.8 Å². The van der Waals surface area contributed by atoms with Gasteiger partial charge in [-0.05, 0) is 24.6 Å². The van der Waals surface area contributed by atoms with Crippen LogP contribution in [-0.4, -0.2) is 28.2 Å². The van der Waals surface area contributed by atoms with Gasteiger partial charge in [0.05, 0.1) is 12.8 Å². The minimum atomic E-state index is -0.381. The molecule has 0 spiro atoms. The normalized spacial score (nSPS) is 10.3. The summed E-state index contributed by atoms with van der Waals surface area (Å²) in [6, 6.07) is 5.01. The van der Waals surface area contributed by atoms with E-state index in [9.17, 15) is 4.79 Å². The second kappa shape index (κ2) is 6.05. The van der Waals surface area contributed by atoms with Crippen LogP contribution in [0.4, 0.5) is 11.4 Å². The fraction of sp³-hybridized carbons (Fsp3) is 0.308. The first kappa shape index (κ1) is 13.9. The van der Waals surface area contributed by atoms with Crippen molar-refractivity contribution in [3.63, 3.8) is 0 Å². The number of anilines is 2. The maximum Gasteiger partial charge on any atom is 0.295 e. The number of aromatic nitrogens is 3. The van der Waals surface area contributed by atoms with Gasteiger partial charge in [-0.25, -0.2) is 4.98 Å². The second-order valence-electron chi connectivity index (χ2n) is 4.27. The smallest absolute Gasteiger partial charge is 0.295 e. The summed E-state index contributed by atoms with van der Waals surface area (Å²) in [7, 11) is 1.53. The minimum Gasteiger partial charge on any atom is -0.495 e. The summed E-state index contributed by atoms with van der Waals surface area (Å²) in [4.78, 5) is 16.1. The number of methoxy groups -OCH3 is 1.